The van der Waals surface area contributed by atoms with Crippen LogP contribution in [-0.4, -0.2) is 25.2 Å². The highest BCUT2D eigenvalue weighted by atomic mass is 16.6. The molecule has 0 aromatic heterocycles. The zero-order valence-electron chi connectivity index (χ0n) is 13.1. The molecule has 0 aliphatic rings. The number of carbonyl (C=O) groups excluding carboxylic acids is 1. The highest BCUT2D eigenvalue weighted by Crippen LogP contribution is 2.29. The summed E-state index contributed by atoms with van der Waals surface area (Å²) in [4.78, 5) is 22.0. The summed E-state index contributed by atoms with van der Waals surface area (Å²) < 4.78 is 15.2. The van der Waals surface area contributed by atoms with Crippen molar-refractivity contribution < 1.29 is 23.9 Å². The lowest BCUT2D eigenvalue weighted by molar-refractivity contribution is -0.384. The molecule has 24 heavy (non-hydrogen) atoms. The Hall–Kier alpha value is -3.29. The third-order valence-electron chi connectivity index (χ3n) is 3.16. The average molecular weight is 332 g/mol. The number of nitro groups is 1. The molecule has 1 amide bonds. The molecular formula is C16H16N2O6. The Balaban J connectivity index is 1.97. The Bertz CT molecular complexity index is 730. The van der Waals surface area contributed by atoms with Crippen molar-refractivity contribution in [2.24, 2.45) is 0 Å². The van der Waals surface area contributed by atoms with Crippen LogP contribution in [0.15, 0.2) is 42.5 Å². The van der Waals surface area contributed by atoms with Gasteiger partial charge in [0.15, 0.2) is 0 Å². The molecule has 0 unspecified atom stereocenters. The van der Waals surface area contributed by atoms with Crippen molar-refractivity contribution in [1.29, 1.82) is 0 Å². The summed E-state index contributed by atoms with van der Waals surface area (Å²) in [6.07, 6.45) is -0.696. The van der Waals surface area contributed by atoms with Crippen molar-refractivity contribution in [2.45, 2.75) is 6.61 Å². The molecule has 126 valence electrons. The van der Waals surface area contributed by atoms with Crippen LogP contribution >= 0.6 is 0 Å². The van der Waals surface area contributed by atoms with Crippen LogP contribution in [-0.2, 0) is 11.3 Å². The van der Waals surface area contributed by atoms with Gasteiger partial charge in [0.1, 0.15) is 18.1 Å². The summed E-state index contributed by atoms with van der Waals surface area (Å²) in [5.41, 5.74) is 0.938. The molecule has 0 aliphatic heterocycles. The molecule has 0 saturated carbocycles. The first-order valence-corrected chi connectivity index (χ1v) is 6.92. The highest BCUT2D eigenvalue weighted by Gasteiger charge is 2.14. The fraction of sp³-hybridized carbons (Fsp3) is 0.188. The predicted octanol–water partition coefficient (Wildman–Crippen LogP) is 3.36. The van der Waals surface area contributed by atoms with Gasteiger partial charge in [0.2, 0.25) is 0 Å². The smallest absolute Gasteiger partial charge is 0.412 e. The molecule has 1 N–H and O–H groups in total. The molecule has 8 heteroatoms. The highest BCUT2D eigenvalue weighted by molar-refractivity contribution is 5.87. The Labute approximate surface area is 138 Å². The number of hydrogen-bond donors (Lipinski definition) is 1. The molecular weight excluding hydrogens is 316 g/mol. The van der Waals surface area contributed by atoms with Crippen LogP contribution in [0.4, 0.5) is 16.2 Å². The third-order valence-corrected chi connectivity index (χ3v) is 3.16. The van der Waals surface area contributed by atoms with Gasteiger partial charge in [-0.3, -0.25) is 15.4 Å². The van der Waals surface area contributed by atoms with Crippen molar-refractivity contribution in [2.75, 3.05) is 19.5 Å². The lowest BCUT2D eigenvalue weighted by atomic mass is 10.2. The summed E-state index contributed by atoms with van der Waals surface area (Å²) in [6, 6.07) is 10.9. The molecule has 0 spiro atoms. The number of nitrogens with zero attached hydrogens (tertiary/aromatic N) is 1. The Kier molecular flexibility index (Phi) is 5.56. The number of nitro benzene ring substituents is 1. The van der Waals surface area contributed by atoms with Crippen molar-refractivity contribution in [3.05, 3.63) is 58.1 Å². The van der Waals surface area contributed by atoms with Gasteiger partial charge in [-0.1, -0.05) is 12.1 Å². The normalized spacial score (nSPS) is 9.92. The van der Waals surface area contributed by atoms with Gasteiger partial charge in [-0.15, -0.1) is 0 Å². The maximum absolute atomic E-state index is 11.8. The van der Waals surface area contributed by atoms with Gasteiger partial charge in [-0.2, -0.15) is 0 Å². The van der Waals surface area contributed by atoms with Gasteiger partial charge < -0.3 is 14.2 Å². The Morgan fingerprint density at radius 2 is 1.83 bits per heavy atom. The first kappa shape index (κ1) is 17.1. The number of anilines is 1. The third kappa shape index (κ3) is 4.35. The molecule has 8 nitrogen and oxygen atoms in total. The van der Waals surface area contributed by atoms with Crippen LogP contribution < -0.4 is 14.8 Å². The van der Waals surface area contributed by atoms with E-state index in [1.165, 1.54) is 25.3 Å². The van der Waals surface area contributed by atoms with E-state index in [0.717, 1.165) is 5.56 Å². The number of carbonyl (C=O) groups is 1. The van der Waals surface area contributed by atoms with E-state index in [1.54, 1.807) is 31.4 Å². The summed E-state index contributed by atoms with van der Waals surface area (Å²) >= 11 is 0. The summed E-state index contributed by atoms with van der Waals surface area (Å²) in [5, 5.41) is 13.2. The monoisotopic (exact) mass is 332 g/mol. The van der Waals surface area contributed by atoms with E-state index >= 15 is 0 Å². The number of ether oxygens (including phenoxy) is 3. The maximum Gasteiger partial charge on any atom is 0.412 e. The van der Waals surface area contributed by atoms with Gasteiger partial charge in [-0.25, -0.2) is 4.79 Å². The van der Waals surface area contributed by atoms with Crippen LogP contribution in [0.25, 0.3) is 0 Å². The standard InChI is InChI=1S/C16H16N2O6/c1-22-13-6-3-11(4-7-13)10-24-16(19)17-14-8-5-12(18(20)21)9-15(14)23-2/h3-9H,10H2,1-2H3,(H,17,19). The van der Waals surface area contributed by atoms with E-state index in [0.29, 0.717) is 5.75 Å². The lowest BCUT2D eigenvalue weighted by Gasteiger charge is -2.10. The number of benzene rings is 2. The molecule has 2 rings (SSSR count). The molecule has 0 heterocycles. The minimum atomic E-state index is -0.696. The molecule has 0 fully saturated rings. The minimum absolute atomic E-state index is 0.0745. The van der Waals surface area contributed by atoms with Crippen molar-refractivity contribution in [1.82, 2.24) is 0 Å². The second-order valence-corrected chi connectivity index (χ2v) is 4.69. The van der Waals surface area contributed by atoms with E-state index in [4.69, 9.17) is 14.2 Å². The van der Waals surface area contributed by atoms with Gasteiger partial charge in [0, 0.05) is 6.07 Å². The number of methoxy groups -OCH3 is 2. The summed E-state index contributed by atoms with van der Waals surface area (Å²) in [5.74, 6) is 0.879. The Morgan fingerprint density at radius 3 is 2.42 bits per heavy atom. The van der Waals surface area contributed by atoms with Gasteiger partial charge in [0.25, 0.3) is 5.69 Å². The lowest BCUT2D eigenvalue weighted by Crippen LogP contribution is -2.14. The van der Waals surface area contributed by atoms with Gasteiger partial charge in [-0.05, 0) is 23.8 Å². The summed E-state index contributed by atoms with van der Waals surface area (Å²) in [7, 11) is 2.92. The van der Waals surface area contributed by atoms with Crippen LogP contribution in [0.1, 0.15) is 5.56 Å². The maximum atomic E-state index is 11.8. The number of amides is 1. The second kappa shape index (κ2) is 7.82. The van der Waals surface area contributed by atoms with Gasteiger partial charge >= 0.3 is 6.09 Å². The first-order valence-electron chi connectivity index (χ1n) is 6.92. The van der Waals surface area contributed by atoms with E-state index in [1.807, 2.05) is 0 Å². The van der Waals surface area contributed by atoms with Crippen molar-refractivity contribution >= 4 is 17.5 Å². The average Bonchev–Trinajstić information content (AvgIpc) is 2.60. The van der Waals surface area contributed by atoms with Crippen LogP contribution in [0.2, 0.25) is 0 Å². The number of non-ortho nitro benzene ring substituents is 1. The molecule has 2 aromatic rings. The topological polar surface area (TPSA) is 99.9 Å². The number of rotatable bonds is 6. The molecule has 0 bridgehead atoms. The van der Waals surface area contributed by atoms with Crippen LogP contribution in [0.5, 0.6) is 11.5 Å². The van der Waals surface area contributed by atoms with E-state index in [2.05, 4.69) is 5.32 Å². The Morgan fingerprint density at radius 1 is 1.12 bits per heavy atom. The largest absolute Gasteiger partial charge is 0.497 e. The van der Waals surface area contributed by atoms with Gasteiger partial charge in [0.05, 0.1) is 30.9 Å². The molecule has 0 aliphatic carbocycles. The summed E-state index contributed by atoms with van der Waals surface area (Å²) in [6.45, 7) is 0.0745. The zero-order valence-corrected chi connectivity index (χ0v) is 13.1. The second-order valence-electron chi connectivity index (χ2n) is 4.69. The van der Waals surface area contributed by atoms with E-state index in [-0.39, 0.29) is 23.7 Å². The van der Waals surface area contributed by atoms with Crippen LogP contribution in [0.3, 0.4) is 0 Å². The van der Waals surface area contributed by atoms with Crippen molar-refractivity contribution in [3.63, 3.8) is 0 Å². The fourth-order valence-corrected chi connectivity index (χ4v) is 1.91. The quantitative estimate of drug-likeness (QED) is 0.643. The predicted molar refractivity (Wildman–Crippen MR) is 86.5 cm³/mol. The van der Waals surface area contributed by atoms with E-state index in [9.17, 15) is 14.9 Å². The fourth-order valence-electron chi connectivity index (χ4n) is 1.91. The minimum Gasteiger partial charge on any atom is -0.497 e. The molecule has 0 saturated heterocycles. The SMILES string of the molecule is COc1ccc(COC(=O)Nc2ccc([N+](=O)[O-])cc2OC)cc1. The van der Waals surface area contributed by atoms with E-state index < -0.39 is 11.0 Å². The van der Waals surface area contributed by atoms with Crippen LogP contribution in [0, 0.1) is 10.1 Å². The van der Waals surface area contributed by atoms with Crippen molar-refractivity contribution in [3.8, 4) is 11.5 Å². The molecule has 2 aromatic carbocycles. The molecule has 0 atom stereocenters. The first-order chi connectivity index (χ1) is 11.5. The number of hydrogen-bond acceptors (Lipinski definition) is 6. The zero-order chi connectivity index (χ0) is 17.5. The molecule has 0 radical (unpaired) electrons. The number of nitrogens with one attached hydrogen (secondary N) is 1.